The van der Waals surface area contributed by atoms with Crippen molar-refractivity contribution in [2.45, 2.75) is 32.1 Å². The molecular weight excluding hydrogens is 284 g/mol. The summed E-state index contributed by atoms with van der Waals surface area (Å²) in [5.41, 5.74) is 1.08. The van der Waals surface area contributed by atoms with Crippen molar-refractivity contribution < 1.29 is 0 Å². The summed E-state index contributed by atoms with van der Waals surface area (Å²) in [5, 5.41) is 13.1. The molecule has 6 nitrogen and oxygen atoms in total. The molecular formula is C14H20N6S. The first-order valence-electron chi connectivity index (χ1n) is 7.34. The van der Waals surface area contributed by atoms with Crippen molar-refractivity contribution in [1.29, 1.82) is 0 Å². The Hall–Kier alpha value is -1.60. The highest BCUT2D eigenvalue weighted by Crippen LogP contribution is 2.25. The first-order valence-corrected chi connectivity index (χ1v) is 8.16. The molecule has 112 valence electrons. The minimum absolute atomic E-state index is 0.499. The van der Waals surface area contributed by atoms with E-state index < -0.39 is 0 Å². The van der Waals surface area contributed by atoms with E-state index in [0.717, 1.165) is 34.6 Å². The van der Waals surface area contributed by atoms with Crippen LogP contribution in [-0.4, -0.2) is 45.2 Å². The molecule has 1 aliphatic heterocycles. The molecule has 0 amide bonds. The van der Waals surface area contributed by atoms with Crippen LogP contribution in [-0.2, 0) is 6.42 Å². The zero-order chi connectivity index (χ0) is 14.7. The number of aryl methyl sites for hydroxylation is 1. The molecule has 1 fully saturated rings. The van der Waals surface area contributed by atoms with Gasteiger partial charge in [-0.25, -0.2) is 4.98 Å². The second kappa shape index (κ2) is 6.44. The average molecular weight is 304 g/mol. The number of hydrogen-bond donors (Lipinski definition) is 1. The molecule has 0 spiro atoms. The van der Waals surface area contributed by atoms with Crippen LogP contribution in [0.1, 0.15) is 36.4 Å². The van der Waals surface area contributed by atoms with Gasteiger partial charge in [0.15, 0.2) is 5.82 Å². The van der Waals surface area contributed by atoms with Crippen LogP contribution < -0.4 is 5.32 Å². The van der Waals surface area contributed by atoms with Gasteiger partial charge in [-0.15, -0.1) is 10.2 Å². The molecule has 0 radical (unpaired) electrons. The van der Waals surface area contributed by atoms with E-state index in [1.807, 2.05) is 6.20 Å². The number of likely N-dealkylation sites (tertiary alicyclic amines) is 1. The van der Waals surface area contributed by atoms with Gasteiger partial charge in [-0.05, 0) is 32.9 Å². The van der Waals surface area contributed by atoms with Gasteiger partial charge in [0, 0.05) is 12.5 Å². The molecule has 1 N–H and O–H groups in total. The second-order valence-corrected chi connectivity index (χ2v) is 6.47. The van der Waals surface area contributed by atoms with Crippen LogP contribution in [0.2, 0.25) is 0 Å². The van der Waals surface area contributed by atoms with E-state index in [4.69, 9.17) is 0 Å². The average Bonchev–Trinajstić information content (AvgIpc) is 2.96. The summed E-state index contributed by atoms with van der Waals surface area (Å²) >= 11 is 1.55. The van der Waals surface area contributed by atoms with Gasteiger partial charge < -0.3 is 10.2 Å². The third kappa shape index (κ3) is 3.54. The summed E-state index contributed by atoms with van der Waals surface area (Å²) in [5.74, 6) is 1.22. The summed E-state index contributed by atoms with van der Waals surface area (Å²) < 4.78 is 0. The summed E-state index contributed by atoms with van der Waals surface area (Å²) in [6.45, 7) is 4.32. The second-order valence-electron chi connectivity index (χ2n) is 5.41. The molecule has 1 aliphatic rings. The Morgan fingerprint density at radius 1 is 1.33 bits per heavy atom. The van der Waals surface area contributed by atoms with Crippen molar-refractivity contribution in [3.8, 4) is 0 Å². The number of nitrogens with one attached hydrogen (secondary N) is 1. The van der Waals surface area contributed by atoms with Crippen LogP contribution in [0.25, 0.3) is 0 Å². The number of aromatic nitrogens is 4. The van der Waals surface area contributed by atoms with Crippen molar-refractivity contribution in [2.75, 3.05) is 25.5 Å². The summed E-state index contributed by atoms with van der Waals surface area (Å²) in [4.78, 5) is 11.4. The number of anilines is 2. The summed E-state index contributed by atoms with van der Waals surface area (Å²) in [6, 6.07) is 0. The quantitative estimate of drug-likeness (QED) is 0.936. The van der Waals surface area contributed by atoms with E-state index >= 15 is 0 Å². The Bertz CT molecular complexity index is 581. The number of hydrogen-bond acceptors (Lipinski definition) is 7. The van der Waals surface area contributed by atoms with Gasteiger partial charge in [0.25, 0.3) is 0 Å². The maximum absolute atomic E-state index is 4.56. The zero-order valence-electron chi connectivity index (χ0n) is 12.4. The van der Waals surface area contributed by atoms with Crippen LogP contribution in [0.15, 0.2) is 12.4 Å². The molecule has 1 saturated heterocycles. The fourth-order valence-electron chi connectivity index (χ4n) is 2.58. The molecule has 1 unspecified atom stereocenters. The van der Waals surface area contributed by atoms with E-state index in [9.17, 15) is 0 Å². The van der Waals surface area contributed by atoms with Crippen molar-refractivity contribution in [3.63, 3.8) is 0 Å². The molecule has 0 aliphatic carbocycles. The lowest BCUT2D eigenvalue weighted by molar-refractivity contribution is 0.248. The van der Waals surface area contributed by atoms with Crippen LogP contribution in [0.3, 0.4) is 0 Å². The van der Waals surface area contributed by atoms with Crippen molar-refractivity contribution >= 4 is 22.3 Å². The number of piperidine rings is 1. The van der Waals surface area contributed by atoms with E-state index in [1.165, 1.54) is 19.4 Å². The molecule has 0 saturated carbocycles. The SMILES string of the molecule is CCc1nnc(Nc2cnc(C3CCCN(C)C3)cn2)s1. The smallest absolute Gasteiger partial charge is 0.211 e. The molecule has 2 aromatic heterocycles. The van der Waals surface area contributed by atoms with E-state index in [2.05, 4.69) is 44.4 Å². The molecule has 7 heteroatoms. The predicted octanol–water partition coefficient (Wildman–Crippen LogP) is 2.44. The third-order valence-corrected chi connectivity index (χ3v) is 4.70. The predicted molar refractivity (Wildman–Crippen MR) is 84.1 cm³/mol. The highest BCUT2D eigenvalue weighted by atomic mass is 32.1. The lowest BCUT2D eigenvalue weighted by Crippen LogP contribution is -2.31. The molecule has 2 aromatic rings. The van der Waals surface area contributed by atoms with Crippen LogP contribution in [0.5, 0.6) is 0 Å². The van der Waals surface area contributed by atoms with Gasteiger partial charge in [-0.3, -0.25) is 4.98 Å². The van der Waals surface area contributed by atoms with Crippen molar-refractivity contribution in [1.82, 2.24) is 25.1 Å². The van der Waals surface area contributed by atoms with Crippen LogP contribution in [0.4, 0.5) is 10.9 Å². The Kier molecular flexibility index (Phi) is 4.40. The van der Waals surface area contributed by atoms with Crippen LogP contribution >= 0.6 is 11.3 Å². The standard InChI is InChI=1S/C14H20N6S/c1-3-13-18-19-14(21-13)17-12-8-15-11(7-16-12)10-5-4-6-20(2)9-10/h7-8,10H,3-6,9H2,1-2H3,(H,16,17,19). The minimum Gasteiger partial charge on any atom is -0.313 e. The van der Waals surface area contributed by atoms with E-state index in [1.54, 1.807) is 17.5 Å². The Morgan fingerprint density at radius 3 is 2.90 bits per heavy atom. The van der Waals surface area contributed by atoms with E-state index in [-0.39, 0.29) is 0 Å². The number of nitrogens with zero attached hydrogens (tertiary/aromatic N) is 5. The lowest BCUT2D eigenvalue weighted by Gasteiger charge is -2.29. The van der Waals surface area contributed by atoms with Gasteiger partial charge in [-0.2, -0.15) is 0 Å². The fourth-order valence-corrected chi connectivity index (χ4v) is 3.26. The van der Waals surface area contributed by atoms with Crippen molar-refractivity contribution in [2.24, 2.45) is 0 Å². The lowest BCUT2D eigenvalue weighted by atomic mass is 9.95. The molecule has 0 bridgehead atoms. The minimum atomic E-state index is 0.499. The molecule has 1 atom stereocenters. The molecule has 0 aromatic carbocycles. The molecule has 3 heterocycles. The van der Waals surface area contributed by atoms with Gasteiger partial charge in [0.05, 0.1) is 18.1 Å². The van der Waals surface area contributed by atoms with Gasteiger partial charge in [0.1, 0.15) is 5.01 Å². The normalized spacial score (nSPS) is 19.6. The topological polar surface area (TPSA) is 66.8 Å². The fraction of sp³-hybridized carbons (Fsp3) is 0.571. The van der Waals surface area contributed by atoms with Crippen LogP contribution in [0, 0.1) is 0 Å². The maximum atomic E-state index is 4.56. The Balaban J connectivity index is 1.66. The summed E-state index contributed by atoms with van der Waals surface area (Å²) in [7, 11) is 2.16. The Labute approximate surface area is 128 Å². The molecule has 3 rings (SSSR count). The van der Waals surface area contributed by atoms with Gasteiger partial charge >= 0.3 is 0 Å². The first-order chi connectivity index (χ1) is 10.2. The van der Waals surface area contributed by atoms with Gasteiger partial charge in [-0.1, -0.05) is 18.3 Å². The maximum Gasteiger partial charge on any atom is 0.211 e. The largest absolute Gasteiger partial charge is 0.313 e. The monoisotopic (exact) mass is 304 g/mol. The zero-order valence-corrected chi connectivity index (χ0v) is 13.2. The highest BCUT2D eigenvalue weighted by Gasteiger charge is 2.20. The van der Waals surface area contributed by atoms with Gasteiger partial charge in [0.2, 0.25) is 5.13 Å². The molecule has 21 heavy (non-hydrogen) atoms. The van der Waals surface area contributed by atoms with Crippen molar-refractivity contribution in [3.05, 3.63) is 23.1 Å². The van der Waals surface area contributed by atoms with E-state index in [0.29, 0.717) is 5.92 Å². The third-order valence-electron chi connectivity index (χ3n) is 3.72. The Morgan fingerprint density at radius 2 is 2.24 bits per heavy atom. The number of rotatable bonds is 4. The highest BCUT2D eigenvalue weighted by molar-refractivity contribution is 7.15. The summed E-state index contributed by atoms with van der Waals surface area (Å²) in [6.07, 6.45) is 7.00. The first kappa shape index (κ1) is 14.3. The number of likely N-dealkylation sites (N-methyl/N-ethyl adjacent to an activating group) is 1.